The van der Waals surface area contributed by atoms with E-state index in [0.717, 1.165) is 10.0 Å². The van der Waals surface area contributed by atoms with Gasteiger partial charge >= 0.3 is 5.97 Å². The zero-order valence-electron chi connectivity index (χ0n) is 9.99. The van der Waals surface area contributed by atoms with E-state index >= 15 is 0 Å². The summed E-state index contributed by atoms with van der Waals surface area (Å²) < 4.78 is 11.3. The van der Waals surface area contributed by atoms with E-state index in [9.17, 15) is 4.79 Å². The number of carboxylic acids is 1. The standard InChI is InChI=1S/C12H15BrO4/c1-7(12(14)15)6-8-4-5-9(13)11(17-3)10(8)16-2/h4-5,7H,6H2,1-3H3,(H,14,15). The Kier molecular flexibility index (Phi) is 4.81. The van der Waals surface area contributed by atoms with Crippen molar-refractivity contribution in [3.05, 3.63) is 22.2 Å². The first-order chi connectivity index (χ1) is 8.01. The number of hydrogen-bond donors (Lipinski definition) is 1. The highest BCUT2D eigenvalue weighted by atomic mass is 79.9. The third-order valence-corrected chi connectivity index (χ3v) is 3.13. The van der Waals surface area contributed by atoms with Gasteiger partial charge in [0.2, 0.25) is 0 Å². The second-order valence-corrected chi connectivity index (χ2v) is 4.57. The lowest BCUT2D eigenvalue weighted by molar-refractivity contribution is -0.141. The quantitative estimate of drug-likeness (QED) is 0.908. The van der Waals surface area contributed by atoms with Crippen molar-refractivity contribution in [3.63, 3.8) is 0 Å². The number of methoxy groups -OCH3 is 2. The molecule has 0 amide bonds. The molecule has 0 aromatic heterocycles. The van der Waals surface area contributed by atoms with E-state index in [1.54, 1.807) is 21.1 Å². The maximum Gasteiger partial charge on any atom is 0.306 e. The Bertz CT molecular complexity index is 417. The van der Waals surface area contributed by atoms with Crippen molar-refractivity contribution in [1.82, 2.24) is 0 Å². The SMILES string of the molecule is COc1c(Br)ccc(CC(C)C(=O)O)c1OC. The molecular formula is C12H15BrO4. The molecule has 0 aliphatic rings. The lowest BCUT2D eigenvalue weighted by Crippen LogP contribution is -2.13. The predicted molar refractivity (Wildman–Crippen MR) is 67.7 cm³/mol. The molecule has 0 radical (unpaired) electrons. The fourth-order valence-corrected chi connectivity index (χ4v) is 2.05. The van der Waals surface area contributed by atoms with Gasteiger partial charge in [0.15, 0.2) is 11.5 Å². The summed E-state index contributed by atoms with van der Waals surface area (Å²) in [7, 11) is 3.09. The van der Waals surface area contributed by atoms with Crippen LogP contribution in [0.1, 0.15) is 12.5 Å². The highest BCUT2D eigenvalue weighted by molar-refractivity contribution is 9.10. The molecule has 1 rings (SSSR count). The van der Waals surface area contributed by atoms with Gasteiger partial charge in [-0.25, -0.2) is 0 Å². The second kappa shape index (κ2) is 5.91. The van der Waals surface area contributed by atoms with Crippen molar-refractivity contribution in [2.24, 2.45) is 5.92 Å². The monoisotopic (exact) mass is 302 g/mol. The fourth-order valence-electron chi connectivity index (χ4n) is 1.57. The Labute approximate surface area is 109 Å². The highest BCUT2D eigenvalue weighted by Gasteiger charge is 2.18. The molecule has 0 aliphatic heterocycles. The van der Waals surface area contributed by atoms with Crippen LogP contribution in [0, 0.1) is 5.92 Å². The van der Waals surface area contributed by atoms with Crippen LogP contribution in [0.25, 0.3) is 0 Å². The van der Waals surface area contributed by atoms with E-state index < -0.39 is 11.9 Å². The molecule has 1 atom stereocenters. The first-order valence-electron chi connectivity index (χ1n) is 5.13. The number of rotatable bonds is 5. The Morgan fingerprint density at radius 1 is 1.35 bits per heavy atom. The summed E-state index contributed by atoms with van der Waals surface area (Å²) in [5, 5.41) is 8.91. The van der Waals surface area contributed by atoms with E-state index in [1.165, 1.54) is 0 Å². The minimum absolute atomic E-state index is 0.405. The van der Waals surface area contributed by atoms with Gasteiger partial charge in [-0.1, -0.05) is 13.0 Å². The van der Waals surface area contributed by atoms with Crippen molar-refractivity contribution in [2.45, 2.75) is 13.3 Å². The predicted octanol–water partition coefficient (Wildman–Crippen LogP) is 2.73. The molecule has 0 saturated carbocycles. The van der Waals surface area contributed by atoms with Crippen molar-refractivity contribution < 1.29 is 19.4 Å². The summed E-state index contributed by atoms with van der Waals surface area (Å²) in [6.07, 6.45) is 0.405. The maximum absolute atomic E-state index is 10.8. The van der Waals surface area contributed by atoms with E-state index in [0.29, 0.717) is 17.9 Å². The molecule has 1 unspecified atom stereocenters. The zero-order valence-corrected chi connectivity index (χ0v) is 11.6. The van der Waals surface area contributed by atoms with Crippen LogP contribution in [-0.4, -0.2) is 25.3 Å². The average Bonchev–Trinajstić information content (AvgIpc) is 2.30. The molecule has 0 spiro atoms. The molecule has 0 aliphatic carbocycles. The van der Waals surface area contributed by atoms with Gasteiger partial charge in [-0.05, 0) is 34.0 Å². The largest absolute Gasteiger partial charge is 0.493 e. The molecular weight excluding hydrogens is 288 g/mol. The van der Waals surface area contributed by atoms with Gasteiger partial charge in [-0.15, -0.1) is 0 Å². The number of ether oxygens (including phenoxy) is 2. The van der Waals surface area contributed by atoms with Crippen molar-refractivity contribution in [3.8, 4) is 11.5 Å². The Balaban J connectivity index is 3.12. The average molecular weight is 303 g/mol. The summed E-state index contributed by atoms with van der Waals surface area (Å²) in [6, 6.07) is 3.66. The topological polar surface area (TPSA) is 55.8 Å². The van der Waals surface area contributed by atoms with E-state index in [-0.39, 0.29) is 0 Å². The number of benzene rings is 1. The van der Waals surface area contributed by atoms with Crippen LogP contribution in [0.3, 0.4) is 0 Å². The minimum atomic E-state index is -0.825. The van der Waals surface area contributed by atoms with Gasteiger partial charge in [0.1, 0.15) is 0 Å². The van der Waals surface area contributed by atoms with Crippen molar-refractivity contribution in [2.75, 3.05) is 14.2 Å². The summed E-state index contributed by atoms with van der Waals surface area (Å²) >= 11 is 3.36. The summed E-state index contributed by atoms with van der Waals surface area (Å²) in [5.74, 6) is -0.124. The van der Waals surface area contributed by atoms with Gasteiger partial charge < -0.3 is 14.6 Å². The summed E-state index contributed by atoms with van der Waals surface area (Å²) in [4.78, 5) is 10.8. The molecule has 0 heterocycles. The third-order valence-electron chi connectivity index (χ3n) is 2.50. The van der Waals surface area contributed by atoms with Crippen LogP contribution in [0.4, 0.5) is 0 Å². The van der Waals surface area contributed by atoms with Gasteiger partial charge in [-0.3, -0.25) is 4.79 Å². The lowest BCUT2D eigenvalue weighted by Gasteiger charge is -2.15. The first-order valence-corrected chi connectivity index (χ1v) is 5.92. The molecule has 5 heteroatoms. The molecule has 1 N–H and O–H groups in total. The Morgan fingerprint density at radius 3 is 2.41 bits per heavy atom. The first kappa shape index (κ1) is 13.8. The highest BCUT2D eigenvalue weighted by Crippen LogP contribution is 2.38. The van der Waals surface area contributed by atoms with E-state index in [1.807, 2.05) is 12.1 Å². The van der Waals surface area contributed by atoms with Crippen LogP contribution in [-0.2, 0) is 11.2 Å². The molecule has 0 saturated heterocycles. The fraction of sp³-hybridized carbons (Fsp3) is 0.417. The summed E-state index contributed by atoms with van der Waals surface area (Å²) in [5.41, 5.74) is 0.822. The van der Waals surface area contributed by atoms with Gasteiger partial charge in [0, 0.05) is 0 Å². The smallest absolute Gasteiger partial charge is 0.306 e. The van der Waals surface area contributed by atoms with Crippen LogP contribution in [0.5, 0.6) is 11.5 Å². The number of aliphatic carboxylic acids is 1. The molecule has 1 aromatic rings. The summed E-state index contributed by atoms with van der Waals surface area (Å²) in [6.45, 7) is 1.66. The number of hydrogen-bond acceptors (Lipinski definition) is 3. The van der Waals surface area contributed by atoms with Crippen molar-refractivity contribution >= 4 is 21.9 Å². The van der Waals surface area contributed by atoms with Crippen molar-refractivity contribution in [1.29, 1.82) is 0 Å². The van der Waals surface area contributed by atoms with Gasteiger partial charge in [0.25, 0.3) is 0 Å². The number of carboxylic acid groups (broad SMARTS) is 1. The second-order valence-electron chi connectivity index (χ2n) is 3.72. The van der Waals surface area contributed by atoms with Crippen LogP contribution < -0.4 is 9.47 Å². The van der Waals surface area contributed by atoms with Crippen LogP contribution in [0.15, 0.2) is 16.6 Å². The minimum Gasteiger partial charge on any atom is -0.493 e. The third kappa shape index (κ3) is 3.12. The molecule has 94 valence electrons. The number of halogens is 1. The van der Waals surface area contributed by atoms with Gasteiger partial charge in [0.05, 0.1) is 24.6 Å². The molecule has 1 aromatic carbocycles. The Hall–Kier alpha value is -1.23. The maximum atomic E-state index is 10.8. The van der Waals surface area contributed by atoms with E-state index in [2.05, 4.69) is 15.9 Å². The number of carbonyl (C=O) groups is 1. The normalized spacial score (nSPS) is 12.0. The molecule has 4 nitrogen and oxygen atoms in total. The molecule has 0 bridgehead atoms. The van der Waals surface area contributed by atoms with Gasteiger partial charge in [-0.2, -0.15) is 0 Å². The van der Waals surface area contributed by atoms with Crippen LogP contribution in [0.2, 0.25) is 0 Å². The lowest BCUT2D eigenvalue weighted by atomic mass is 10.0. The van der Waals surface area contributed by atoms with E-state index in [4.69, 9.17) is 14.6 Å². The molecule has 0 fully saturated rings. The Morgan fingerprint density at radius 2 is 1.94 bits per heavy atom. The zero-order chi connectivity index (χ0) is 13.0. The molecule has 17 heavy (non-hydrogen) atoms. The van der Waals surface area contributed by atoms with Crippen LogP contribution >= 0.6 is 15.9 Å².